The summed E-state index contributed by atoms with van der Waals surface area (Å²) in [6.45, 7) is 6.46. The van der Waals surface area contributed by atoms with Crippen LogP contribution in [0.15, 0.2) is 24.5 Å². The molecule has 3 nitrogen and oxygen atoms in total. The van der Waals surface area contributed by atoms with Crippen LogP contribution in [0.4, 0.5) is 0 Å². The lowest BCUT2D eigenvalue weighted by Gasteiger charge is -2.28. The first kappa shape index (κ1) is 13.1. The second-order valence-electron chi connectivity index (χ2n) is 5.95. The summed E-state index contributed by atoms with van der Waals surface area (Å²) < 4.78 is 0. The van der Waals surface area contributed by atoms with Crippen LogP contribution in [-0.4, -0.2) is 53.5 Å². The van der Waals surface area contributed by atoms with Crippen molar-refractivity contribution in [1.82, 2.24) is 14.8 Å². The first-order chi connectivity index (χ1) is 9.42. The van der Waals surface area contributed by atoms with Crippen LogP contribution in [-0.2, 0) is 6.42 Å². The highest BCUT2D eigenvalue weighted by Gasteiger charge is 2.26. The smallest absolute Gasteiger partial charge is 0.0270 e. The highest BCUT2D eigenvalue weighted by Crippen LogP contribution is 2.20. The van der Waals surface area contributed by atoms with E-state index >= 15 is 0 Å². The van der Waals surface area contributed by atoms with E-state index in [1.165, 1.54) is 70.4 Å². The normalized spacial score (nSPS) is 25.2. The molecule has 2 fully saturated rings. The lowest BCUT2D eigenvalue weighted by Crippen LogP contribution is -2.40. The molecule has 0 amide bonds. The molecule has 19 heavy (non-hydrogen) atoms. The highest BCUT2D eigenvalue weighted by molar-refractivity contribution is 5.10. The predicted molar refractivity (Wildman–Crippen MR) is 78.2 cm³/mol. The van der Waals surface area contributed by atoms with Crippen molar-refractivity contribution < 1.29 is 0 Å². The fourth-order valence-electron chi connectivity index (χ4n) is 3.48. The molecule has 3 rings (SSSR count). The van der Waals surface area contributed by atoms with Crippen molar-refractivity contribution in [3.8, 4) is 0 Å². The first-order valence-corrected chi connectivity index (χ1v) is 7.77. The van der Waals surface area contributed by atoms with Crippen LogP contribution in [0.25, 0.3) is 0 Å². The van der Waals surface area contributed by atoms with Crippen molar-refractivity contribution in [2.24, 2.45) is 0 Å². The summed E-state index contributed by atoms with van der Waals surface area (Å²) in [6, 6.07) is 5.09. The molecule has 0 unspecified atom stereocenters. The molecule has 0 spiro atoms. The average molecular weight is 259 g/mol. The van der Waals surface area contributed by atoms with Gasteiger partial charge in [-0.05, 0) is 69.4 Å². The topological polar surface area (TPSA) is 19.4 Å². The summed E-state index contributed by atoms with van der Waals surface area (Å²) in [5, 5.41) is 0. The van der Waals surface area contributed by atoms with Crippen molar-refractivity contribution in [1.29, 1.82) is 0 Å². The quantitative estimate of drug-likeness (QED) is 0.808. The van der Waals surface area contributed by atoms with Crippen LogP contribution in [0.3, 0.4) is 0 Å². The van der Waals surface area contributed by atoms with E-state index in [0.717, 1.165) is 6.04 Å². The van der Waals surface area contributed by atoms with Crippen molar-refractivity contribution >= 4 is 0 Å². The van der Waals surface area contributed by atoms with Crippen molar-refractivity contribution in [2.45, 2.75) is 38.1 Å². The van der Waals surface area contributed by atoms with E-state index in [2.05, 4.69) is 26.9 Å². The van der Waals surface area contributed by atoms with Crippen LogP contribution < -0.4 is 0 Å². The maximum Gasteiger partial charge on any atom is 0.0270 e. The van der Waals surface area contributed by atoms with Gasteiger partial charge in [-0.15, -0.1) is 0 Å². The molecule has 0 radical (unpaired) electrons. The minimum atomic E-state index is 0.805. The maximum atomic E-state index is 4.09. The van der Waals surface area contributed by atoms with E-state index < -0.39 is 0 Å². The predicted octanol–water partition coefficient (Wildman–Crippen LogP) is 2.18. The molecule has 2 saturated heterocycles. The summed E-state index contributed by atoms with van der Waals surface area (Å²) in [5.74, 6) is 0. The molecule has 0 bridgehead atoms. The SMILES string of the molecule is c1cc(CCN2CCC[C@@H]2CN2CCCC2)ccn1. The van der Waals surface area contributed by atoms with E-state index in [9.17, 15) is 0 Å². The standard InChI is InChI=1S/C16H25N3/c1-2-11-18(10-1)14-16-4-3-12-19(16)13-7-15-5-8-17-9-6-15/h5-6,8-9,16H,1-4,7,10-14H2/t16-/m1/s1. The van der Waals surface area contributed by atoms with E-state index in [-0.39, 0.29) is 0 Å². The molecule has 1 atom stereocenters. The number of pyridine rings is 1. The Balaban J connectivity index is 1.48. The Morgan fingerprint density at radius 2 is 1.84 bits per heavy atom. The van der Waals surface area contributed by atoms with Crippen LogP contribution in [0.2, 0.25) is 0 Å². The molecular weight excluding hydrogens is 234 g/mol. The molecule has 2 aliphatic heterocycles. The minimum absolute atomic E-state index is 0.805. The second-order valence-corrected chi connectivity index (χ2v) is 5.95. The Morgan fingerprint density at radius 3 is 2.63 bits per heavy atom. The van der Waals surface area contributed by atoms with Gasteiger partial charge in [-0.25, -0.2) is 0 Å². The maximum absolute atomic E-state index is 4.09. The summed E-state index contributed by atoms with van der Waals surface area (Å²) in [5.41, 5.74) is 1.42. The number of likely N-dealkylation sites (tertiary alicyclic amines) is 2. The number of aromatic nitrogens is 1. The van der Waals surface area contributed by atoms with Crippen molar-refractivity contribution in [2.75, 3.05) is 32.7 Å². The van der Waals surface area contributed by atoms with Gasteiger partial charge >= 0.3 is 0 Å². The van der Waals surface area contributed by atoms with Crippen LogP contribution in [0, 0.1) is 0 Å². The van der Waals surface area contributed by atoms with E-state index in [1.54, 1.807) is 0 Å². The molecule has 0 aliphatic carbocycles. The van der Waals surface area contributed by atoms with Gasteiger partial charge in [0, 0.05) is 31.5 Å². The molecular formula is C16H25N3. The molecule has 104 valence electrons. The van der Waals surface area contributed by atoms with Gasteiger partial charge in [0.05, 0.1) is 0 Å². The summed E-state index contributed by atoms with van der Waals surface area (Å²) in [4.78, 5) is 9.46. The largest absolute Gasteiger partial charge is 0.302 e. The fraction of sp³-hybridized carbons (Fsp3) is 0.688. The van der Waals surface area contributed by atoms with E-state index in [1.807, 2.05) is 12.4 Å². The van der Waals surface area contributed by atoms with Gasteiger partial charge in [0.2, 0.25) is 0 Å². The summed E-state index contributed by atoms with van der Waals surface area (Å²) in [7, 11) is 0. The third-order valence-electron chi connectivity index (χ3n) is 4.60. The zero-order valence-corrected chi connectivity index (χ0v) is 11.8. The fourth-order valence-corrected chi connectivity index (χ4v) is 3.48. The van der Waals surface area contributed by atoms with Gasteiger partial charge in [-0.2, -0.15) is 0 Å². The minimum Gasteiger partial charge on any atom is -0.302 e. The third kappa shape index (κ3) is 3.54. The molecule has 0 saturated carbocycles. The zero-order valence-electron chi connectivity index (χ0n) is 11.8. The monoisotopic (exact) mass is 259 g/mol. The van der Waals surface area contributed by atoms with Gasteiger partial charge in [0.1, 0.15) is 0 Å². The Bertz CT molecular complexity index is 373. The Morgan fingerprint density at radius 1 is 1.05 bits per heavy atom. The van der Waals surface area contributed by atoms with Gasteiger partial charge in [0.25, 0.3) is 0 Å². The van der Waals surface area contributed by atoms with Crippen LogP contribution in [0.5, 0.6) is 0 Å². The molecule has 0 N–H and O–H groups in total. The highest BCUT2D eigenvalue weighted by atomic mass is 15.2. The third-order valence-corrected chi connectivity index (χ3v) is 4.60. The van der Waals surface area contributed by atoms with E-state index in [4.69, 9.17) is 0 Å². The molecule has 0 aromatic carbocycles. The van der Waals surface area contributed by atoms with Crippen molar-refractivity contribution in [3.05, 3.63) is 30.1 Å². The molecule has 1 aromatic rings. The molecule has 3 heteroatoms. The van der Waals surface area contributed by atoms with Crippen LogP contribution >= 0.6 is 0 Å². The van der Waals surface area contributed by atoms with Gasteiger partial charge in [-0.3, -0.25) is 9.88 Å². The summed E-state index contributed by atoms with van der Waals surface area (Å²) in [6.07, 6.45) is 10.6. The van der Waals surface area contributed by atoms with E-state index in [0.29, 0.717) is 0 Å². The second kappa shape index (κ2) is 6.49. The first-order valence-electron chi connectivity index (χ1n) is 7.77. The number of nitrogens with zero attached hydrogens (tertiary/aromatic N) is 3. The van der Waals surface area contributed by atoms with Crippen molar-refractivity contribution in [3.63, 3.8) is 0 Å². The number of hydrogen-bond acceptors (Lipinski definition) is 3. The molecule has 1 aromatic heterocycles. The van der Waals surface area contributed by atoms with Gasteiger partial charge in [0.15, 0.2) is 0 Å². The lowest BCUT2D eigenvalue weighted by atomic mass is 10.1. The zero-order chi connectivity index (χ0) is 12.9. The molecule has 2 aliphatic rings. The Kier molecular flexibility index (Phi) is 4.46. The number of hydrogen-bond donors (Lipinski definition) is 0. The summed E-state index contributed by atoms with van der Waals surface area (Å²) >= 11 is 0. The van der Waals surface area contributed by atoms with Gasteiger partial charge < -0.3 is 4.90 Å². The van der Waals surface area contributed by atoms with Gasteiger partial charge in [-0.1, -0.05) is 0 Å². The molecule has 3 heterocycles. The number of rotatable bonds is 5. The average Bonchev–Trinajstić information content (AvgIpc) is 3.10. The Hall–Kier alpha value is -0.930. The Labute approximate surface area is 116 Å². The lowest BCUT2D eigenvalue weighted by molar-refractivity contribution is 0.193. The van der Waals surface area contributed by atoms with Crippen LogP contribution in [0.1, 0.15) is 31.2 Å².